The van der Waals surface area contributed by atoms with Crippen molar-refractivity contribution in [2.75, 3.05) is 19.6 Å². The number of halogens is 1. The van der Waals surface area contributed by atoms with E-state index in [0.29, 0.717) is 23.5 Å². The Bertz CT molecular complexity index is 619. The molecule has 1 aromatic heterocycles. The number of H-pyrrole nitrogens is 1. The van der Waals surface area contributed by atoms with E-state index in [0.717, 1.165) is 25.9 Å². The minimum Gasteiger partial charge on any atom is -0.352 e. The van der Waals surface area contributed by atoms with Crippen LogP contribution >= 0.6 is 0 Å². The summed E-state index contributed by atoms with van der Waals surface area (Å²) in [6, 6.07) is 2.57. The molecule has 20 heavy (non-hydrogen) atoms. The van der Waals surface area contributed by atoms with E-state index < -0.39 is 5.82 Å². The number of benzene rings is 1. The molecule has 2 heterocycles. The second-order valence-corrected chi connectivity index (χ2v) is 5.17. The first-order chi connectivity index (χ1) is 9.74. The van der Waals surface area contributed by atoms with Crippen molar-refractivity contribution in [3.63, 3.8) is 0 Å². The topological polar surface area (TPSA) is 69.8 Å². The van der Waals surface area contributed by atoms with Crippen LogP contribution in [0.1, 0.15) is 23.2 Å². The van der Waals surface area contributed by atoms with Gasteiger partial charge in [-0.2, -0.15) is 0 Å². The molecular weight excluding hydrogens is 259 g/mol. The van der Waals surface area contributed by atoms with Crippen molar-refractivity contribution >= 4 is 16.9 Å². The molecule has 1 unspecified atom stereocenters. The number of hydrogen-bond donors (Lipinski definition) is 3. The Kier molecular flexibility index (Phi) is 3.64. The van der Waals surface area contributed by atoms with Crippen molar-refractivity contribution in [2.45, 2.75) is 12.8 Å². The van der Waals surface area contributed by atoms with Crippen molar-refractivity contribution in [1.29, 1.82) is 0 Å². The molecule has 1 atom stereocenters. The fourth-order valence-electron chi connectivity index (χ4n) is 2.62. The Hall–Kier alpha value is -1.95. The van der Waals surface area contributed by atoms with Crippen LogP contribution in [-0.4, -0.2) is 35.5 Å². The van der Waals surface area contributed by atoms with E-state index in [9.17, 15) is 9.18 Å². The van der Waals surface area contributed by atoms with Gasteiger partial charge in [0.05, 0.1) is 17.4 Å². The standard InChI is InChI=1S/C14H17FN4O/c15-10-4-11(13-12(5-10)18-8-19-13)14(20)17-7-9-2-1-3-16-6-9/h4-5,8-9,16H,1-3,6-7H2,(H,17,20)(H,18,19). The highest BCUT2D eigenvalue weighted by Gasteiger charge is 2.17. The van der Waals surface area contributed by atoms with Crippen molar-refractivity contribution in [3.05, 3.63) is 29.8 Å². The zero-order chi connectivity index (χ0) is 13.9. The Labute approximate surface area is 116 Å². The highest BCUT2D eigenvalue weighted by Crippen LogP contribution is 2.17. The minimum atomic E-state index is -0.439. The van der Waals surface area contributed by atoms with Crippen molar-refractivity contribution in [2.24, 2.45) is 5.92 Å². The fraction of sp³-hybridized carbons (Fsp3) is 0.429. The van der Waals surface area contributed by atoms with Gasteiger partial charge in [0.15, 0.2) is 0 Å². The lowest BCUT2D eigenvalue weighted by atomic mass is 9.99. The first-order valence-corrected chi connectivity index (χ1v) is 6.85. The molecule has 1 fully saturated rings. The molecule has 6 heteroatoms. The Morgan fingerprint density at radius 1 is 1.50 bits per heavy atom. The van der Waals surface area contributed by atoms with Crippen LogP contribution in [0.4, 0.5) is 4.39 Å². The number of piperidine rings is 1. The molecular formula is C14H17FN4O. The number of rotatable bonds is 3. The first kappa shape index (κ1) is 13.1. The smallest absolute Gasteiger partial charge is 0.253 e. The molecule has 3 rings (SSSR count). The fourth-order valence-corrected chi connectivity index (χ4v) is 2.62. The summed E-state index contributed by atoms with van der Waals surface area (Å²) < 4.78 is 13.5. The van der Waals surface area contributed by atoms with Crippen LogP contribution in [0.3, 0.4) is 0 Å². The molecule has 106 valence electrons. The number of nitrogens with zero attached hydrogens (tertiary/aromatic N) is 1. The van der Waals surface area contributed by atoms with Crippen LogP contribution in [0, 0.1) is 11.7 Å². The van der Waals surface area contributed by atoms with Gasteiger partial charge >= 0.3 is 0 Å². The molecule has 0 aliphatic carbocycles. The molecule has 1 amide bonds. The van der Waals surface area contributed by atoms with Gasteiger partial charge in [0.2, 0.25) is 0 Å². The van der Waals surface area contributed by atoms with Crippen molar-refractivity contribution < 1.29 is 9.18 Å². The lowest BCUT2D eigenvalue weighted by Crippen LogP contribution is -2.38. The third kappa shape index (κ3) is 2.65. The number of carbonyl (C=O) groups excluding carboxylic acids is 1. The lowest BCUT2D eigenvalue weighted by molar-refractivity contribution is 0.0946. The molecule has 2 aromatic rings. The normalized spacial score (nSPS) is 19.1. The van der Waals surface area contributed by atoms with Gasteiger partial charge < -0.3 is 15.6 Å². The summed E-state index contributed by atoms with van der Waals surface area (Å²) in [5.41, 5.74) is 1.32. The molecule has 0 radical (unpaired) electrons. The van der Waals surface area contributed by atoms with Crippen LogP contribution in [0.15, 0.2) is 18.5 Å². The summed E-state index contributed by atoms with van der Waals surface area (Å²) in [5, 5.41) is 6.18. The summed E-state index contributed by atoms with van der Waals surface area (Å²) in [6.07, 6.45) is 3.70. The molecule has 5 nitrogen and oxygen atoms in total. The number of fused-ring (bicyclic) bond motifs is 1. The third-order valence-corrected chi connectivity index (χ3v) is 3.68. The molecule has 1 aliphatic heterocycles. The molecule has 0 spiro atoms. The van der Waals surface area contributed by atoms with Gasteiger partial charge in [0.25, 0.3) is 5.91 Å². The van der Waals surface area contributed by atoms with E-state index in [-0.39, 0.29) is 11.5 Å². The zero-order valence-electron chi connectivity index (χ0n) is 11.1. The van der Waals surface area contributed by atoms with Crippen molar-refractivity contribution in [1.82, 2.24) is 20.6 Å². The van der Waals surface area contributed by atoms with E-state index in [1.54, 1.807) is 0 Å². The number of aromatic nitrogens is 2. The van der Waals surface area contributed by atoms with Gasteiger partial charge in [-0.05, 0) is 44.0 Å². The van der Waals surface area contributed by atoms with Gasteiger partial charge in [-0.15, -0.1) is 0 Å². The van der Waals surface area contributed by atoms with E-state index >= 15 is 0 Å². The lowest BCUT2D eigenvalue weighted by Gasteiger charge is -2.22. The second-order valence-electron chi connectivity index (χ2n) is 5.17. The molecule has 3 N–H and O–H groups in total. The van der Waals surface area contributed by atoms with Crippen LogP contribution in [0.5, 0.6) is 0 Å². The number of nitrogens with one attached hydrogen (secondary N) is 3. The van der Waals surface area contributed by atoms with E-state index in [1.807, 2.05) is 0 Å². The van der Waals surface area contributed by atoms with Crippen LogP contribution in [-0.2, 0) is 0 Å². The monoisotopic (exact) mass is 276 g/mol. The SMILES string of the molecule is O=C(NCC1CCCNC1)c1cc(F)cc2[nH]cnc12. The number of imidazole rings is 1. The maximum atomic E-state index is 13.5. The molecule has 1 aromatic carbocycles. The molecule has 0 bridgehead atoms. The van der Waals surface area contributed by atoms with Gasteiger partial charge in [0, 0.05) is 6.54 Å². The zero-order valence-corrected chi connectivity index (χ0v) is 11.1. The van der Waals surface area contributed by atoms with Crippen LogP contribution in [0.2, 0.25) is 0 Å². The maximum absolute atomic E-state index is 13.5. The van der Waals surface area contributed by atoms with Gasteiger partial charge in [-0.1, -0.05) is 0 Å². The summed E-state index contributed by atoms with van der Waals surface area (Å²) in [5.74, 6) is -0.269. The number of aromatic amines is 1. The van der Waals surface area contributed by atoms with E-state index in [2.05, 4.69) is 20.6 Å². The van der Waals surface area contributed by atoms with Crippen LogP contribution in [0.25, 0.3) is 11.0 Å². The maximum Gasteiger partial charge on any atom is 0.253 e. The highest BCUT2D eigenvalue weighted by atomic mass is 19.1. The van der Waals surface area contributed by atoms with E-state index in [1.165, 1.54) is 18.5 Å². The average molecular weight is 276 g/mol. The number of carbonyl (C=O) groups is 1. The Morgan fingerprint density at radius 2 is 2.40 bits per heavy atom. The Balaban J connectivity index is 1.73. The minimum absolute atomic E-state index is 0.271. The number of amides is 1. The van der Waals surface area contributed by atoms with Gasteiger partial charge in [-0.25, -0.2) is 9.37 Å². The summed E-state index contributed by atoms with van der Waals surface area (Å²) >= 11 is 0. The average Bonchev–Trinajstić information content (AvgIpc) is 2.93. The van der Waals surface area contributed by atoms with Crippen molar-refractivity contribution in [3.8, 4) is 0 Å². The number of hydrogen-bond acceptors (Lipinski definition) is 3. The second kappa shape index (κ2) is 5.58. The predicted molar refractivity (Wildman–Crippen MR) is 74.0 cm³/mol. The third-order valence-electron chi connectivity index (χ3n) is 3.68. The Morgan fingerprint density at radius 3 is 3.20 bits per heavy atom. The molecule has 0 saturated carbocycles. The quantitative estimate of drug-likeness (QED) is 0.794. The summed E-state index contributed by atoms with van der Waals surface area (Å²) in [6.45, 7) is 2.57. The van der Waals surface area contributed by atoms with Gasteiger partial charge in [-0.3, -0.25) is 4.79 Å². The molecule has 1 aliphatic rings. The predicted octanol–water partition coefficient (Wildman–Crippen LogP) is 1.43. The molecule has 1 saturated heterocycles. The van der Waals surface area contributed by atoms with Gasteiger partial charge in [0.1, 0.15) is 11.3 Å². The largest absolute Gasteiger partial charge is 0.352 e. The highest BCUT2D eigenvalue weighted by molar-refractivity contribution is 6.04. The van der Waals surface area contributed by atoms with Crippen LogP contribution < -0.4 is 10.6 Å². The first-order valence-electron chi connectivity index (χ1n) is 6.85. The summed E-state index contributed by atoms with van der Waals surface area (Å²) in [4.78, 5) is 19.1. The van der Waals surface area contributed by atoms with E-state index in [4.69, 9.17) is 0 Å². The summed E-state index contributed by atoms with van der Waals surface area (Å²) in [7, 11) is 0.